The molecule has 0 spiro atoms. The zero-order chi connectivity index (χ0) is 14.5. The van der Waals surface area contributed by atoms with E-state index < -0.39 is 0 Å². The zero-order valence-corrected chi connectivity index (χ0v) is 14.2. The van der Waals surface area contributed by atoms with Crippen molar-refractivity contribution in [2.45, 2.75) is 46.2 Å². The summed E-state index contributed by atoms with van der Waals surface area (Å²) >= 11 is 3.46. The molecule has 0 heterocycles. The molecule has 1 aromatic rings. The third kappa shape index (κ3) is 7.71. The summed E-state index contributed by atoms with van der Waals surface area (Å²) in [4.78, 5) is 2.34. The van der Waals surface area contributed by atoms with Gasteiger partial charge in [-0.05, 0) is 49.5 Å². The van der Waals surface area contributed by atoms with E-state index in [4.69, 9.17) is 5.73 Å². The molecule has 2 N–H and O–H groups in total. The van der Waals surface area contributed by atoms with E-state index >= 15 is 0 Å². The number of rotatable bonds is 6. The van der Waals surface area contributed by atoms with Crippen LogP contribution in [0.2, 0.25) is 0 Å². The third-order valence-electron chi connectivity index (χ3n) is 3.12. The van der Waals surface area contributed by atoms with Crippen LogP contribution in [0.1, 0.15) is 39.2 Å². The van der Waals surface area contributed by atoms with Gasteiger partial charge in [-0.25, -0.2) is 0 Å². The first-order chi connectivity index (χ1) is 8.76. The molecule has 1 rings (SSSR count). The van der Waals surface area contributed by atoms with Gasteiger partial charge >= 0.3 is 0 Å². The quantitative estimate of drug-likeness (QED) is 0.854. The van der Waals surface area contributed by atoms with E-state index in [1.807, 2.05) is 0 Å². The largest absolute Gasteiger partial charge is 0.328 e. The number of nitrogens with two attached hydrogens (primary N) is 1. The Hall–Kier alpha value is -0.380. The van der Waals surface area contributed by atoms with E-state index in [0.717, 1.165) is 30.4 Å². The average molecular weight is 327 g/mol. The van der Waals surface area contributed by atoms with E-state index in [1.165, 1.54) is 5.56 Å². The molecule has 19 heavy (non-hydrogen) atoms. The second-order valence-electron chi connectivity index (χ2n) is 6.68. The van der Waals surface area contributed by atoms with Crippen molar-refractivity contribution >= 4 is 15.9 Å². The van der Waals surface area contributed by atoms with Crippen LogP contribution in [0.25, 0.3) is 0 Å². The van der Waals surface area contributed by atoms with Crippen molar-refractivity contribution in [1.82, 2.24) is 4.90 Å². The van der Waals surface area contributed by atoms with E-state index in [0.29, 0.717) is 11.5 Å². The lowest BCUT2D eigenvalue weighted by Gasteiger charge is -2.25. The van der Waals surface area contributed by atoms with Crippen LogP contribution in [0, 0.1) is 5.41 Å². The van der Waals surface area contributed by atoms with E-state index in [2.05, 4.69) is 72.9 Å². The van der Waals surface area contributed by atoms with E-state index in [-0.39, 0.29) is 0 Å². The van der Waals surface area contributed by atoms with Crippen molar-refractivity contribution in [3.05, 3.63) is 34.3 Å². The van der Waals surface area contributed by atoms with Crippen LogP contribution in [0.15, 0.2) is 28.7 Å². The van der Waals surface area contributed by atoms with Crippen LogP contribution in [-0.4, -0.2) is 24.5 Å². The number of halogens is 1. The van der Waals surface area contributed by atoms with Crippen molar-refractivity contribution in [2.75, 3.05) is 13.6 Å². The molecular formula is C16H27BrN2. The molecule has 0 fully saturated rings. The normalized spacial score (nSPS) is 13.8. The van der Waals surface area contributed by atoms with E-state index in [1.54, 1.807) is 0 Å². The molecule has 1 aromatic carbocycles. The summed E-state index contributed by atoms with van der Waals surface area (Å²) in [5.74, 6) is 0. The van der Waals surface area contributed by atoms with Crippen molar-refractivity contribution in [2.24, 2.45) is 11.1 Å². The second-order valence-corrected chi connectivity index (χ2v) is 7.59. The number of hydrogen-bond donors (Lipinski definition) is 1. The first-order valence-electron chi connectivity index (χ1n) is 6.95. The summed E-state index contributed by atoms with van der Waals surface area (Å²) in [6, 6.07) is 8.81. The lowest BCUT2D eigenvalue weighted by atomic mass is 9.87. The average Bonchev–Trinajstić information content (AvgIpc) is 2.27. The number of nitrogens with zero attached hydrogens (tertiary/aromatic N) is 1. The van der Waals surface area contributed by atoms with Crippen LogP contribution < -0.4 is 5.73 Å². The van der Waals surface area contributed by atoms with Crippen LogP contribution in [0.5, 0.6) is 0 Å². The van der Waals surface area contributed by atoms with Crippen molar-refractivity contribution < 1.29 is 0 Å². The maximum absolute atomic E-state index is 6.19. The molecule has 0 saturated carbocycles. The molecule has 0 amide bonds. The lowest BCUT2D eigenvalue weighted by molar-refractivity contribution is 0.278. The fourth-order valence-corrected chi connectivity index (χ4v) is 2.52. The lowest BCUT2D eigenvalue weighted by Crippen LogP contribution is -2.31. The Morgan fingerprint density at radius 2 is 1.79 bits per heavy atom. The van der Waals surface area contributed by atoms with Crippen molar-refractivity contribution in [3.8, 4) is 0 Å². The molecule has 108 valence electrons. The van der Waals surface area contributed by atoms with Gasteiger partial charge in [0.25, 0.3) is 0 Å². The highest BCUT2D eigenvalue weighted by atomic mass is 79.9. The number of hydrogen-bond acceptors (Lipinski definition) is 2. The highest BCUT2D eigenvalue weighted by molar-refractivity contribution is 9.10. The van der Waals surface area contributed by atoms with Gasteiger partial charge < -0.3 is 10.6 Å². The predicted molar refractivity (Wildman–Crippen MR) is 87.1 cm³/mol. The maximum atomic E-state index is 6.19. The number of benzene rings is 1. The Balaban J connectivity index is 2.31. The van der Waals surface area contributed by atoms with Crippen LogP contribution in [-0.2, 0) is 6.54 Å². The van der Waals surface area contributed by atoms with Crippen molar-refractivity contribution in [1.29, 1.82) is 0 Å². The fourth-order valence-electron chi connectivity index (χ4n) is 2.26. The smallest absolute Gasteiger partial charge is 0.0230 e. The van der Waals surface area contributed by atoms with Gasteiger partial charge in [0.1, 0.15) is 0 Å². The summed E-state index contributed by atoms with van der Waals surface area (Å²) < 4.78 is 1.13. The molecule has 0 aliphatic heterocycles. The van der Waals surface area contributed by atoms with Gasteiger partial charge in [-0.1, -0.05) is 48.8 Å². The first kappa shape index (κ1) is 16.7. The van der Waals surface area contributed by atoms with Gasteiger partial charge in [-0.2, -0.15) is 0 Å². The minimum absolute atomic E-state index is 0.298. The summed E-state index contributed by atoms with van der Waals surface area (Å²) in [5.41, 5.74) is 7.85. The van der Waals surface area contributed by atoms with Gasteiger partial charge in [0.15, 0.2) is 0 Å². The third-order valence-corrected chi connectivity index (χ3v) is 3.65. The molecule has 0 bridgehead atoms. The highest BCUT2D eigenvalue weighted by Crippen LogP contribution is 2.21. The molecule has 2 nitrogen and oxygen atoms in total. The summed E-state index contributed by atoms with van der Waals surface area (Å²) in [5, 5.41) is 0. The summed E-state index contributed by atoms with van der Waals surface area (Å²) in [6.45, 7) is 8.78. The molecule has 0 aromatic heterocycles. The van der Waals surface area contributed by atoms with Gasteiger partial charge in [-0.15, -0.1) is 0 Å². The van der Waals surface area contributed by atoms with Crippen molar-refractivity contribution in [3.63, 3.8) is 0 Å². The zero-order valence-electron chi connectivity index (χ0n) is 12.6. The molecule has 0 aliphatic rings. The SMILES string of the molecule is CN(CCC(N)CC(C)(C)C)Cc1ccc(Br)cc1. The highest BCUT2D eigenvalue weighted by Gasteiger charge is 2.15. The Morgan fingerprint density at radius 1 is 1.21 bits per heavy atom. The predicted octanol–water partition coefficient (Wildman–Crippen LogP) is 4.03. The molecule has 0 radical (unpaired) electrons. The molecule has 1 atom stereocenters. The van der Waals surface area contributed by atoms with Gasteiger partial charge in [0.2, 0.25) is 0 Å². The molecular weight excluding hydrogens is 300 g/mol. The Morgan fingerprint density at radius 3 is 2.32 bits per heavy atom. The van der Waals surface area contributed by atoms with Crippen LogP contribution in [0.4, 0.5) is 0 Å². The van der Waals surface area contributed by atoms with Crippen LogP contribution >= 0.6 is 15.9 Å². The molecule has 0 saturated heterocycles. The minimum atomic E-state index is 0.298. The minimum Gasteiger partial charge on any atom is -0.328 e. The Labute approximate surface area is 126 Å². The standard InChI is InChI=1S/C16H27BrN2/c1-16(2,3)11-15(18)9-10-19(4)12-13-5-7-14(17)8-6-13/h5-8,15H,9-12,18H2,1-4H3. The van der Waals surface area contributed by atoms with Gasteiger partial charge in [-0.3, -0.25) is 0 Å². The first-order valence-corrected chi connectivity index (χ1v) is 7.74. The van der Waals surface area contributed by atoms with Crippen LogP contribution in [0.3, 0.4) is 0 Å². The fraction of sp³-hybridized carbons (Fsp3) is 0.625. The van der Waals surface area contributed by atoms with E-state index in [9.17, 15) is 0 Å². The monoisotopic (exact) mass is 326 g/mol. The van der Waals surface area contributed by atoms with Gasteiger partial charge in [0, 0.05) is 17.1 Å². The van der Waals surface area contributed by atoms with Gasteiger partial charge in [0.05, 0.1) is 0 Å². The topological polar surface area (TPSA) is 29.3 Å². The summed E-state index contributed by atoms with van der Waals surface area (Å²) in [7, 11) is 2.16. The Bertz CT molecular complexity index is 367. The molecule has 0 aliphatic carbocycles. The molecule has 1 unspecified atom stereocenters. The molecule has 3 heteroatoms. The Kier molecular flexibility index (Phi) is 6.51. The maximum Gasteiger partial charge on any atom is 0.0230 e. The summed E-state index contributed by atoms with van der Waals surface area (Å²) in [6.07, 6.45) is 2.14. The second kappa shape index (κ2) is 7.41.